The quantitative estimate of drug-likeness (QED) is 0.545. The van der Waals surface area contributed by atoms with E-state index in [0.29, 0.717) is 31.9 Å². The number of benzene rings is 3. The molecule has 178 valence electrons. The Kier molecular flexibility index (Phi) is 7.62. The molecular weight excluding hydrogens is 450 g/mol. The summed E-state index contributed by atoms with van der Waals surface area (Å²) in [6.07, 6.45) is -0.569. The van der Waals surface area contributed by atoms with E-state index in [-0.39, 0.29) is 17.5 Å². The van der Waals surface area contributed by atoms with Gasteiger partial charge in [0.2, 0.25) is 10.0 Å². The Bertz CT molecular complexity index is 1140. The smallest absolute Gasteiger partial charge is 0.411 e. The highest BCUT2D eigenvalue weighted by Crippen LogP contribution is 2.30. The molecule has 1 saturated heterocycles. The third-order valence-corrected chi connectivity index (χ3v) is 7.80. The van der Waals surface area contributed by atoms with Crippen molar-refractivity contribution < 1.29 is 17.9 Å². The van der Waals surface area contributed by atoms with E-state index < -0.39 is 16.1 Å². The van der Waals surface area contributed by atoms with Gasteiger partial charge in [0.05, 0.1) is 17.5 Å². The van der Waals surface area contributed by atoms with Crippen LogP contribution >= 0.6 is 0 Å². The Morgan fingerprint density at radius 3 is 1.88 bits per heavy atom. The van der Waals surface area contributed by atoms with Crippen LogP contribution in [0.25, 0.3) is 0 Å². The standard InChI is InChI=1S/C26H29N3O4S/c1-2-33-26(30)27-23-13-15-24(16-14-23)34(31,32)29-19-17-28(18-20-29)25(21-9-5-3-6-10-21)22-11-7-4-8-12-22/h3-16,25H,2,17-20H2,1H3,(H,27,30). The SMILES string of the molecule is CCOC(=O)Nc1ccc(S(=O)(=O)N2CCN(C(c3ccccc3)c3ccccc3)CC2)cc1. The number of nitrogens with one attached hydrogen (secondary N) is 1. The maximum atomic E-state index is 13.2. The summed E-state index contributed by atoms with van der Waals surface area (Å²) in [5.41, 5.74) is 2.86. The van der Waals surface area contributed by atoms with E-state index in [9.17, 15) is 13.2 Å². The molecule has 0 bridgehead atoms. The highest BCUT2D eigenvalue weighted by Gasteiger charge is 2.32. The van der Waals surface area contributed by atoms with Crippen LogP contribution in [0.2, 0.25) is 0 Å². The van der Waals surface area contributed by atoms with Gasteiger partial charge in [-0.05, 0) is 42.3 Å². The molecule has 0 spiro atoms. The second kappa shape index (κ2) is 10.8. The van der Waals surface area contributed by atoms with Crippen LogP contribution in [0, 0.1) is 0 Å². The van der Waals surface area contributed by atoms with Crippen molar-refractivity contribution in [1.29, 1.82) is 0 Å². The first-order chi connectivity index (χ1) is 16.5. The lowest BCUT2D eigenvalue weighted by atomic mass is 9.96. The lowest BCUT2D eigenvalue weighted by Gasteiger charge is -2.39. The van der Waals surface area contributed by atoms with Crippen LogP contribution in [0.15, 0.2) is 89.8 Å². The summed E-state index contributed by atoms with van der Waals surface area (Å²) in [6.45, 7) is 4.03. The number of hydrogen-bond donors (Lipinski definition) is 1. The second-order valence-electron chi connectivity index (χ2n) is 8.03. The molecule has 1 heterocycles. The zero-order valence-electron chi connectivity index (χ0n) is 19.1. The summed E-state index contributed by atoms with van der Waals surface area (Å²) < 4.78 is 32.9. The first kappa shape index (κ1) is 23.9. The molecule has 1 aliphatic rings. The molecule has 8 heteroatoms. The molecule has 1 amide bonds. The number of sulfonamides is 1. The molecule has 1 N–H and O–H groups in total. The van der Waals surface area contributed by atoms with Crippen LogP contribution in [0.5, 0.6) is 0 Å². The van der Waals surface area contributed by atoms with Crippen LogP contribution in [-0.2, 0) is 14.8 Å². The summed E-state index contributed by atoms with van der Waals surface area (Å²) in [4.78, 5) is 14.1. The molecule has 0 aromatic heterocycles. The average Bonchev–Trinajstić information content (AvgIpc) is 2.86. The molecule has 3 aromatic carbocycles. The van der Waals surface area contributed by atoms with Crippen LogP contribution < -0.4 is 5.32 Å². The molecular formula is C26H29N3O4S. The van der Waals surface area contributed by atoms with Crippen LogP contribution in [0.4, 0.5) is 10.5 Å². The molecule has 0 saturated carbocycles. The Morgan fingerprint density at radius 2 is 1.38 bits per heavy atom. The summed E-state index contributed by atoms with van der Waals surface area (Å²) >= 11 is 0. The van der Waals surface area contributed by atoms with Crippen LogP contribution in [0.3, 0.4) is 0 Å². The first-order valence-corrected chi connectivity index (χ1v) is 12.8. The predicted octanol–water partition coefficient (Wildman–Crippen LogP) is 4.35. The van der Waals surface area contributed by atoms with E-state index in [2.05, 4.69) is 34.5 Å². The van der Waals surface area contributed by atoms with Crippen molar-refractivity contribution in [1.82, 2.24) is 9.21 Å². The van der Waals surface area contributed by atoms with Crippen molar-refractivity contribution in [3.05, 3.63) is 96.1 Å². The van der Waals surface area contributed by atoms with Crippen LogP contribution in [0.1, 0.15) is 24.1 Å². The molecule has 0 atom stereocenters. The summed E-state index contributed by atoms with van der Waals surface area (Å²) in [5.74, 6) is 0. The van der Waals surface area contributed by atoms with Gasteiger partial charge >= 0.3 is 6.09 Å². The Balaban J connectivity index is 1.46. The van der Waals surface area contributed by atoms with Crippen LogP contribution in [-0.4, -0.2) is 56.5 Å². The highest BCUT2D eigenvalue weighted by molar-refractivity contribution is 7.89. The van der Waals surface area contributed by atoms with Gasteiger partial charge in [-0.2, -0.15) is 4.31 Å². The average molecular weight is 480 g/mol. The van der Waals surface area contributed by atoms with E-state index >= 15 is 0 Å². The highest BCUT2D eigenvalue weighted by atomic mass is 32.2. The Morgan fingerprint density at radius 1 is 0.853 bits per heavy atom. The van der Waals surface area contributed by atoms with Gasteiger partial charge in [-0.25, -0.2) is 13.2 Å². The largest absolute Gasteiger partial charge is 0.450 e. The third kappa shape index (κ3) is 5.47. The van der Waals surface area contributed by atoms with Gasteiger partial charge in [0, 0.05) is 31.9 Å². The van der Waals surface area contributed by atoms with Gasteiger partial charge in [0.15, 0.2) is 0 Å². The van der Waals surface area contributed by atoms with Crippen molar-refractivity contribution in [3.63, 3.8) is 0 Å². The van der Waals surface area contributed by atoms with Gasteiger partial charge in [-0.3, -0.25) is 10.2 Å². The zero-order valence-corrected chi connectivity index (χ0v) is 19.9. The summed E-state index contributed by atoms with van der Waals surface area (Å²) in [6, 6.07) is 26.9. The summed E-state index contributed by atoms with van der Waals surface area (Å²) in [5, 5.41) is 2.57. The molecule has 4 rings (SSSR count). The maximum absolute atomic E-state index is 13.2. The zero-order chi connectivity index (χ0) is 24.0. The third-order valence-electron chi connectivity index (χ3n) is 5.88. The van der Waals surface area contributed by atoms with E-state index in [4.69, 9.17) is 4.74 Å². The molecule has 0 radical (unpaired) electrons. The number of hydrogen-bond acceptors (Lipinski definition) is 5. The molecule has 3 aromatic rings. The lowest BCUT2D eigenvalue weighted by Crippen LogP contribution is -2.49. The number of nitrogens with zero attached hydrogens (tertiary/aromatic N) is 2. The van der Waals surface area contributed by atoms with Gasteiger partial charge in [0.25, 0.3) is 0 Å². The Hall–Kier alpha value is -3.20. The number of rotatable bonds is 7. The number of amides is 1. The van der Waals surface area contributed by atoms with Gasteiger partial charge in [0.1, 0.15) is 0 Å². The van der Waals surface area contributed by atoms with Crippen molar-refractivity contribution in [3.8, 4) is 0 Å². The molecule has 0 unspecified atom stereocenters. The molecule has 0 aliphatic carbocycles. The fraction of sp³-hybridized carbons (Fsp3) is 0.269. The van der Waals surface area contributed by atoms with Crippen molar-refractivity contribution in [2.45, 2.75) is 17.9 Å². The fourth-order valence-corrected chi connectivity index (χ4v) is 5.65. The minimum absolute atomic E-state index is 0.0699. The minimum Gasteiger partial charge on any atom is -0.450 e. The van der Waals surface area contributed by atoms with E-state index in [1.54, 1.807) is 19.1 Å². The van der Waals surface area contributed by atoms with Crippen molar-refractivity contribution in [2.24, 2.45) is 0 Å². The number of carbonyl (C=O) groups excluding carboxylic acids is 1. The first-order valence-electron chi connectivity index (χ1n) is 11.4. The topological polar surface area (TPSA) is 78.9 Å². The molecule has 7 nitrogen and oxygen atoms in total. The van der Waals surface area contributed by atoms with Gasteiger partial charge < -0.3 is 4.74 Å². The monoisotopic (exact) mass is 479 g/mol. The lowest BCUT2D eigenvalue weighted by molar-refractivity contribution is 0.156. The Labute approximate surface area is 201 Å². The normalized spacial score (nSPS) is 15.2. The molecule has 1 aliphatic heterocycles. The number of piperazine rings is 1. The molecule has 34 heavy (non-hydrogen) atoms. The number of ether oxygens (including phenoxy) is 1. The predicted molar refractivity (Wildman–Crippen MR) is 132 cm³/mol. The summed E-state index contributed by atoms with van der Waals surface area (Å²) in [7, 11) is -3.63. The van der Waals surface area contributed by atoms with Crippen molar-refractivity contribution >= 4 is 21.8 Å². The number of carbonyl (C=O) groups is 1. The minimum atomic E-state index is -3.63. The van der Waals surface area contributed by atoms with Gasteiger partial charge in [-0.15, -0.1) is 0 Å². The van der Waals surface area contributed by atoms with E-state index in [0.717, 1.165) is 0 Å². The van der Waals surface area contributed by atoms with Gasteiger partial charge in [-0.1, -0.05) is 60.7 Å². The van der Waals surface area contributed by atoms with E-state index in [1.165, 1.54) is 27.6 Å². The molecule has 1 fully saturated rings. The maximum Gasteiger partial charge on any atom is 0.411 e. The number of anilines is 1. The second-order valence-corrected chi connectivity index (χ2v) is 9.97. The fourth-order valence-electron chi connectivity index (χ4n) is 4.23. The van der Waals surface area contributed by atoms with E-state index in [1.807, 2.05) is 36.4 Å². The van der Waals surface area contributed by atoms with Crippen molar-refractivity contribution in [2.75, 3.05) is 38.1 Å².